The third-order valence-electron chi connectivity index (χ3n) is 4.52. The molecule has 0 saturated carbocycles. The molecule has 1 amide bonds. The van der Waals surface area contributed by atoms with Crippen LogP contribution in [0.25, 0.3) is 0 Å². The molecule has 1 aromatic heterocycles. The molecule has 1 aliphatic heterocycles. The number of fused-ring (bicyclic) bond motifs is 1. The van der Waals surface area contributed by atoms with Crippen molar-refractivity contribution in [3.63, 3.8) is 0 Å². The van der Waals surface area contributed by atoms with Gasteiger partial charge >= 0.3 is 11.9 Å². The smallest absolute Gasteiger partial charge is 0.340 e. The Morgan fingerprint density at radius 1 is 1.04 bits per heavy atom. The van der Waals surface area contributed by atoms with Crippen LogP contribution in [0.15, 0.2) is 0 Å². The Bertz CT molecular complexity index is 663. The molecule has 25 heavy (non-hydrogen) atoms. The predicted molar refractivity (Wildman–Crippen MR) is 91.7 cm³/mol. The van der Waals surface area contributed by atoms with Gasteiger partial charge in [0, 0.05) is 31.4 Å². The summed E-state index contributed by atoms with van der Waals surface area (Å²) in [7, 11) is 2.65. The first kappa shape index (κ1) is 19.0. The SMILES string of the molecule is COC(=O)c1c(C(=O)OC)c2n(c1CCCCCNC(C)=O)CCC2. The number of hydrogen-bond donors (Lipinski definition) is 1. The van der Waals surface area contributed by atoms with Crippen molar-refractivity contribution in [2.75, 3.05) is 20.8 Å². The van der Waals surface area contributed by atoms with Gasteiger partial charge in [0.05, 0.1) is 25.3 Å². The second-order valence-corrected chi connectivity index (χ2v) is 6.18. The van der Waals surface area contributed by atoms with Gasteiger partial charge in [0.2, 0.25) is 5.91 Å². The van der Waals surface area contributed by atoms with Gasteiger partial charge in [-0.05, 0) is 32.1 Å². The van der Waals surface area contributed by atoms with Gasteiger partial charge < -0.3 is 19.4 Å². The Kier molecular flexibility index (Phi) is 6.61. The Hall–Kier alpha value is -2.31. The predicted octanol–water partition coefficient (Wildman–Crippen LogP) is 1.86. The summed E-state index contributed by atoms with van der Waals surface area (Å²) in [5.41, 5.74) is 2.45. The number of methoxy groups -OCH3 is 2. The van der Waals surface area contributed by atoms with Crippen molar-refractivity contribution in [3.8, 4) is 0 Å². The van der Waals surface area contributed by atoms with Gasteiger partial charge in [0.15, 0.2) is 0 Å². The molecule has 0 bridgehead atoms. The zero-order chi connectivity index (χ0) is 18.4. The highest BCUT2D eigenvalue weighted by Gasteiger charge is 2.33. The van der Waals surface area contributed by atoms with E-state index in [1.54, 1.807) is 0 Å². The lowest BCUT2D eigenvalue weighted by atomic mass is 10.0. The van der Waals surface area contributed by atoms with Crippen LogP contribution in [-0.4, -0.2) is 43.2 Å². The molecule has 0 atom stereocenters. The molecule has 0 unspecified atom stereocenters. The number of nitrogens with one attached hydrogen (secondary N) is 1. The summed E-state index contributed by atoms with van der Waals surface area (Å²) in [5.74, 6) is -1.00. The number of hydrogen-bond acceptors (Lipinski definition) is 5. The molecule has 7 heteroatoms. The summed E-state index contributed by atoms with van der Waals surface area (Å²) in [6, 6.07) is 0. The number of esters is 2. The molecule has 0 radical (unpaired) electrons. The first-order valence-electron chi connectivity index (χ1n) is 8.66. The fourth-order valence-electron chi connectivity index (χ4n) is 3.42. The second kappa shape index (κ2) is 8.69. The molecule has 1 aromatic rings. The minimum atomic E-state index is -0.490. The fraction of sp³-hybridized carbons (Fsp3) is 0.611. The van der Waals surface area contributed by atoms with Gasteiger partial charge in [-0.2, -0.15) is 0 Å². The monoisotopic (exact) mass is 350 g/mol. The van der Waals surface area contributed by atoms with Gasteiger partial charge in [0.1, 0.15) is 0 Å². The van der Waals surface area contributed by atoms with Crippen molar-refractivity contribution in [2.24, 2.45) is 0 Å². The lowest BCUT2D eigenvalue weighted by Crippen LogP contribution is -2.20. The van der Waals surface area contributed by atoms with Gasteiger partial charge in [-0.1, -0.05) is 6.42 Å². The Morgan fingerprint density at radius 3 is 2.36 bits per heavy atom. The maximum Gasteiger partial charge on any atom is 0.340 e. The molecular formula is C18H26N2O5. The van der Waals surface area contributed by atoms with Crippen LogP contribution in [0.5, 0.6) is 0 Å². The number of amides is 1. The molecule has 0 aliphatic carbocycles. The number of carbonyl (C=O) groups is 3. The van der Waals surface area contributed by atoms with E-state index in [0.717, 1.165) is 50.0 Å². The molecule has 2 rings (SSSR count). The normalized spacial score (nSPS) is 12.6. The standard InChI is InChI=1S/C18H26N2O5/c1-12(21)19-10-6-4-5-8-13-15(17(22)24-2)16(18(23)25-3)14-9-7-11-20(13)14/h4-11H2,1-3H3,(H,19,21). The lowest BCUT2D eigenvalue weighted by Gasteiger charge is -2.09. The van der Waals surface area contributed by atoms with Crippen LogP contribution in [-0.2, 0) is 33.7 Å². The van der Waals surface area contributed by atoms with E-state index in [1.807, 2.05) is 0 Å². The molecule has 138 valence electrons. The van der Waals surface area contributed by atoms with Crippen LogP contribution in [0, 0.1) is 0 Å². The molecule has 1 aliphatic rings. The van der Waals surface area contributed by atoms with E-state index in [-0.39, 0.29) is 5.91 Å². The van der Waals surface area contributed by atoms with Gasteiger partial charge in [-0.25, -0.2) is 9.59 Å². The Labute approximate surface area is 147 Å². The Morgan fingerprint density at radius 2 is 1.72 bits per heavy atom. The summed E-state index contributed by atoms with van der Waals surface area (Å²) >= 11 is 0. The van der Waals surface area contributed by atoms with Crippen molar-refractivity contribution in [1.29, 1.82) is 0 Å². The maximum absolute atomic E-state index is 12.3. The van der Waals surface area contributed by atoms with Crippen LogP contribution in [0.2, 0.25) is 0 Å². The first-order chi connectivity index (χ1) is 12.0. The van der Waals surface area contributed by atoms with Crippen LogP contribution >= 0.6 is 0 Å². The van der Waals surface area contributed by atoms with Crippen molar-refractivity contribution >= 4 is 17.8 Å². The largest absolute Gasteiger partial charge is 0.465 e. The molecular weight excluding hydrogens is 324 g/mol. The van der Waals surface area contributed by atoms with Crippen molar-refractivity contribution < 1.29 is 23.9 Å². The molecule has 0 fully saturated rings. The Balaban J connectivity index is 2.17. The molecule has 2 heterocycles. The lowest BCUT2D eigenvalue weighted by molar-refractivity contribution is -0.118. The summed E-state index contributed by atoms with van der Waals surface area (Å²) in [4.78, 5) is 35.4. The van der Waals surface area contributed by atoms with Crippen LogP contribution in [0.3, 0.4) is 0 Å². The minimum Gasteiger partial charge on any atom is -0.465 e. The van der Waals surface area contributed by atoms with Gasteiger partial charge in [-0.15, -0.1) is 0 Å². The van der Waals surface area contributed by atoms with E-state index >= 15 is 0 Å². The minimum absolute atomic E-state index is 0.0277. The summed E-state index contributed by atoms with van der Waals surface area (Å²) in [6.07, 6.45) is 5.08. The number of rotatable bonds is 8. The average molecular weight is 350 g/mol. The van der Waals surface area contributed by atoms with Crippen LogP contribution in [0.4, 0.5) is 0 Å². The third-order valence-corrected chi connectivity index (χ3v) is 4.52. The van der Waals surface area contributed by atoms with Crippen molar-refractivity contribution in [2.45, 2.75) is 52.0 Å². The van der Waals surface area contributed by atoms with E-state index in [1.165, 1.54) is 21.1 Å². The zero-order valence-electron chi connectivity index (χ0n) is 15.1. The van der Waals surface area contributed by atoms with E-state index in [9.17, 15) is 14.4 Å². The quantitative estimate of drug-likeness (QED) is 0.571. The summed E-state index contributed by atoms with van der Waals surface area (Å²) in [6.45, 7) is 2.96. The van der Waals surface area contributed by atoms with Crippen LogP contribution < -0.4 is 5.32 Å². The van der Waals surface area contributed by atoms with Gasteiger partial charge in [-0.3, -0.25) is 4.79 Å². The third kappa shape index (κ3) is 4.21. The van der Waals surface area contributed by atoms with E-state index in [4.69, 9.17) is 9.47 Å². The van der Waals surface area contributed by atoms with Crippen LogP contribution in [0.1, 0.15) is 64.7 Å². The van der Waals surface area contributed by atoms with Crippen molar-refractivity contribution in [1.82, 2.24) is 9.88 Å². The second-order valence-electron chi connectivity index (χ2n) is 6.18. The van der Waals surface area contributed by atoms with Crippen molar-refractivity contribution in [3.05, 3.63) is 22.5 Å². The van der Waals surface area contributed by atoms with E-state index in [2.05, 4.69) is 9.88 Å². The molecule has 0 saturated heterocycles. The molecule has 0 aromatic carbocycles. The highest BCUT2D eigenvalue weighted by Crippen LogP contribution is 2.31. The average Bonchev–Trinajstić information content (AvgIpc) is 3.17. The highest BCUT2D eigenvalue weighted by atomic mass is 16.5. The van der Waals surface area contributed by atoms with E-state index in [0.29, 0.717) is 24.1 Å². The number of carbonyl (C=O) groups excluding carboxylic acids is 3. The van der Waals surface area contributed by atoms with E-state index < -0.39 is 11.9 Å². The summed E-state index contributed by atoms with van der Waals surface area (Å²) < 4.78 is 11.9. The van der Waals surface area contributed by atoms with Gasteiger partial charge in [0.25, 0.3) is 0 Å². The number of aromatic nitrogens is 1. The summed E-state index contributed by atoms with van der Waals surface area (Å²) in [5, 5.41) is 2.77. The topological polar surface area (TPSA) is 86.6 Å². The number of unbranched alkanes of at least 4 members (excludes halogenated alkanes) is 2. The molecule has 0 spiro atoms. The number of nitrogens with zero attached hydrogens (tertiary/aromatic N) is 1. The zero-order valence-corrected chi connectivity index (χ0v) is 15.1. The maximum atomic E-state index is 12.3. The molecule has 1 N–H and O–H groups in total. The first-order valence-corrected chi connectivity index (χ1v) is 8.66. The number of ether oxygens (including phenoxy) is 2. The molecule has 7 nitrogen and oxygen atoms in total. The highest BCUT2D eigenvalue weighted by molar-refractivity contribution is 6.05. The fourth-order valence-corrected chi connectivity index (χ4v) is 3.42.